The molecule has 0 bridgehead atoms. The molecular weight excluding hydrogens is 212 g/mol. The van der Waals surface area contributed by atoms with E-state index in [1.54, 1.807) is 0 Å². The van der Waals surface area contributed by atoms with Gasteiger partial charge in [-0.25, -0.2) is 0 Å². The number of thioether (sulfide) groups is 1. The Labute approximate surface area is 102 Å². The fourth-order valence-corrected chi connectivity index (χ4v) is 4.70. The molecule has 0 aromatic heterocycles. The summed E-state index contributed by atoms with van der Waals surface area (Å²) in [6, 6.07) is 11.1. The van der Waals surface area contributed by atoms with Gasteiger partial charge in [0.2, 0.25) is 0 Å². The van der Waals surface area contributed by atoms with Crippen molar-refractivity contribution in [3.05, 3.63) is 48.0 Å². The molecule has 1 aliphatic heterocycles. The molecule has 2 aliphatic rings. The van der Waals surface area contributed by atoms with Crippen LogP contribution in [0.5, 0.6) is 0 Å². The number of benzene rings is 1. The van der Waals surface area contributed by atoms with Crippen molar-refractivity contribution in [1.29, 1.82) is 0 Å². The maximum atomic E-state index is 2.47. The van der Waals surface area contributed by atoms with Crippen LogP contribution in [0, 0.1) is 17.8 Å². The van der Waals surface area contributed by atoms with E-state index in [4.69, 9.17) is 0 Å². The molecule has 1 heterocycles. The maximum absolute atomic E-state index is 2.47. The lowest BCUT2D eigenvalue weighted by molar-refractivity contribution is 0.326. The fraction of sp³-hybridized carbons (Fsp3) is 0.467. The predicted octanol–water partition coefficient (Wildman–Crippen LogP) is 3.96. The largest absolute Gasteiger partial charge is 0.161 e. The van der Waals surface area contributed by atoms with Crippen molar-refractivity contribution in [1.82, 2.24) is 0 Å². The average Bonchev–Trinajstić information content (AvgIpc) is 2.78. The van der Waals surface area contributed by atoms with Gasteiger partial charge in [-0.15, -0.1) is 0 Å². The van der Waals surface area contributed by atoms with Crippen LogP contribution in [0.3, 0.4) is 0 Å². The smallest absolute Gasteiger partial charge is 0.000116 e. The fourth-order valence-electron chi connectivity index (χ4n) is 3.21. The van der Waals surface area contributed by atoms with Crippen LogP contribution in [0.2, 0.25) is 0 Å². The predicted molar refractivity (Wildman–Crippen MR) is 71.8 cm³/mol. The Morgan fingerprint density at radius 2 is 1.88 bits per heavy atom. The molecule has 1 aromatic carbocycles. The topological polar surface area (TPSA) is 0 Å². The van der Waals surface area contributed by atoms with Gasteiger partial charge < -0.3 is 0 Å². The first-order valence-electron chi connectivity index (χ1n) is 6.17. The lowest BCUT2D eigenvalue weighted by Crippen LogP contribution is -2.27. The third-order valence-corrected chi connectivity index (χ3v) is 5.29. The highest BCUT2D eigenvalue weighted by Crippen LogP contribution is 2.47. The van der Waals surface area contributed by atoms with E-state index in [9.17, 15) is 0 Å². The molecule has 1 aliphatic carbocycles. The van der Waals surface area contributed by atoms with Gasteiger partial charge in [-0.2, -0.15) is 11.8 Å². The zero-order valence-corrected chi connectivity index (χ0v) is 10.5. The summed E-state index contributed by atoms with van der Waals surface area (Å²) in [5.41, 5.74) is 1.54. The summed E-state index contributed by atoms with van der Waals surface area (Å²) in [7, 11) is 0. The Kier molecular flexibility index (Phi) is 2.81. The van der Waals surface area contributed by atoms with E-state index in [-0.39, 0.29) is 0 Å². The summed E-state index contributed by atoms with van der Waals surface area (Å²) < 4.78 is 0. The standard InChI is InChI=1S/C15H18S/c1-11-7-8-13-9-16-10-14(13)15(11)12-5-3-2-4-6-12/h2-8,11,13-15H,9-10H2,1H3/t11-,13+,14-,15+/m0/s1. The van der Waals surface area contributed by atoms with Crippen LogP contribution in [0.4, 0.5) is 0 Å². The summed E-state index contributed by atoms with van der Waals surface area (Å²) in [6.45, 7) is 2.37. The van der Waals surface area contributed by atoms with Crippen LogP contribution in [-0.2, 0) is 0 Å². The van der Waals surface area contributed by atoms with Gasteiger partial charge >= 0.3 is 0 Å². The van der Waals surface area contributed by atoms with Gasteiger partial charge in [0.15, 0.2) is 0 Å². The summed E-state index contributed by atoms with van der Waals surface area (Å²) in [6.07, 6.45) is 4.90. The molecule has 0 N–H and O–H groups in total. The van der Waals surface area contributed by atoms with Crippen molar-refractivity contribution in [3.63, 3.8) is 0 Å². The van der Waals surface area contributed by atoms with Crippen LogP contribution in [0.15, 0.2) is 42.5 Å². The zero-order chi connectivity index (χ0) is 11.0. The van der Waals surface area contributed by atoms with Gasteiger partial charge in [-0.3, -0.25) is 0 Å². The quantitative estimate of drug-likeness (QED) is 0.658. The second-order valence-electron chi connectivity index (χ2n) is 5.05. The third-order valence-electron chi connectivity index (χ3n) is 4.04. The lowest BCUT2D eigenvalue weighted by Gasteiger charge is -2.34. The minimum Gasteiger partial charge on any atom is -0.161 e. The minimum absolute atomic E-state index is 0.697. The summed E-state index contributed by atoms with van der Waals surface area (Å²) in [4.78, 5) is 0. The Morgan fingerprint density at radius 1 is 1.06 bits per heavy atom. The molecule has 0 radical (unpaired) electrons. The first-order chi connectivity index (χ1) is 7.86. The van der Waals surface area contributed by atoms with Crippen LogP contribution in [-0.4, -0.2) is 11.5 Å². The third kappa shape index (κ3) is 1.71. The minimum atomic E-state index is 0.697. The van der Waals surface area contributed by atoms with Gasteiger partial charge in [-0.05, 0) is 40.7 Å². The first kappa shape index (κ1) is 10.5. The number of fused-ring (bicyclic) bond motifs is 1. The SMILES string of the molecule is C[C@H]1C=C[C@@H]2CSC[C@@H]2[C@H]1c1ccccc1. The van der Waals surface area contributed by atoms with E-state index in [2.05, 4.69) is 61.2 Å². The molecule has 3 rings (SSSR count). The Balaban J connectivity index is 1.96. The van der Waals surface area contributed by atoms with Crippen molar-refractivity contribution >= 4 is 11.8 Å². The van der Waals surface area contributed by atoms with E-state index in [0.717, 1.165) is 17.8 Å². The first-order valence-corrected chi connectivity index (χ1v) is 7.33. The van der Waals surface area contributed by atoms with Crippen molar-refractivity contribution in [2.45, 2.75) is 12.8 Å². The summed E-state index contributed by atoms with van der Waals surface area (Å²) in [5, 5.41) is 0. The Morgan fingerprint density at radius 3 is 2.69 bits per heavy atom. The number of hydrogen-bond donors (Lipinski definition) is 0. The normalized spacial score (nSPS) is 37.3. The molecule has 0 spiro atoms. The molecule has 1 fully saturated rings. The second kappa shape index (κ2) is 4.29. The molecule has 1 aromatic rings. The van der Waals surface area contributed by atoms with E-state index in [0.29, 0.717) is 5.92 Å². The molecular formula is C15H18S. The molecule has 0 unspecified atom stereocenters. The van der Waals surface area contributed by atoms with Gasteiger partial charge in [0, 0.05) is 0 Å². The van der Waals surface area contributed by atoms with Crippen LogP contribution < -0.4 is 0 Å². The van der Waals surface area contributed by atoms with Gasteiger partial charge in [-0.1, -0.05) is 49.4 Å². The lowest BCUT2D eigenvalue weighted by atomic mass is 9.69. The van der Waals surface area contributed by atoms with Crippen molar-refractivity contribution in [2.75, 3.05) is 11.5 Å². The highest BCUT2D eigenvalue weighted by Gasteiger charge is 2.38. The van der Waals surface area contributed by atoms with Crippen molar-refractivity contribution < 1.29 is 0 Å². The number of allylic oxidation sites excluding steroid dienone is 2. The van der Waals surface area contributed by atoms with E-state index in [1.807, 2.05) is 0 Å². The Bertz CT molecular complexity index is 382. The molecule has 0 nitrogen and oxygen atoms in total. The van der Waals surface area contributed by atoms with E-state index in [1.165, 1.54) is 17.1 Å². The molecule has 0 amide bonds. The van der Waals surface area contributed by atoms with Gasteiger partial charge in [0.25, 0.3) is 0 Å². The molecule has 84 valence electrons. The van der Waals surface area contributed by atoms with Crippen molar-refractivity contribution in [2.24, 2.45) is 17.8 Å². The highest BCUT2D eigenvalue weighted by atomic mass is 32.2. The Hall–Kier alpha value is -0.690. The zero-order valence-electron chi connectivity index (χ0n) is 9.67. The van der Waals surface area contributed by atoms with E-state index >= 15 is 0 Å². The molecule has 0 saturated carbocycles. The monoisotopic (exact) mass is 230 g/mol. The highest BCUT2D eigenvalue weighted by molar-refractivity contribution is 7.99. The molecule has 4 atom stereocenters. The maximum Gasteiger partial charge on any atom is -0.000116 e. The second-order valence-corrected chi connectivity index (χ2v) is 6.12. The van der Waals surface area contributed by atoms with Crippen LogP contribution >= 0.6 is 11.8 Å². The number of hydrogen-bond acceptors (Lipinski definition) is 1. The summed E-state index contributed by atoms with van der Waals surface area (Å²) >= 11 is 2.13. The van der Waals surface area contributed by atoms with Crippen LogP contribution in [0.25, 0.3) is 0 Å². The molecule has 1 heteroatoms. The van der Waals surface area contributed by atoms with Crippen molar-refractivity contribution in [3.8, 4) is 0 Å². The molecule has 16 heavy (non-hydrogen) atoms. The molecule has 1 saturated heterocycles. The van der Waals surface area contributed by atoms with E-state index < -0.39 is 0 Å². The van der Waals surface area contributed by atoms with Gasteiger partial charge in [0.05, 0.1) is 0 Å². The summed E-state index contributed by atoms with van der Waals surface area (Å²) in [5.74, 6) is 5.81. The number of rotatable bonds is 1. The average molecular weight is 230 g/mol. The van der Waals surface area contributed by atoms with Gasteiger partial charge in [0.1, 0.15) is 0 Å². The van der Waals surface area contributed by atoms with Crippen LogP contribution in [0.1, 0.15) is 18.4 Å².